The summed E-state index contributed by atoms with van der Waals surface area (Å²) in [7, 11) is 0. The van der Waals surface area contributed by atoms with E-state index in [0.717, 1.165) is 96.3 Å². The van der Waals surface area contributed by atoms with E-state index in [9.17, 15) is 14.4 Å². The fraction of sp³-hybridized carbons (Fsp3) is 0.792. The van der Waals surface area contributed by atoms with Crippen LogP contribution in [-0.4, -0.2) is 37.2 Å². The molecule has 6 heteroatoms. The molecule has 1 atom stereocenters. The van der Waals surface area contributed by atoms with E-state index in [1.807, 2.05) is 0 Å². The van der Waals surface area contributed by atoms with E-state index in [1.54, 1.807) is 0 Å². The molecule has 0 N–H and O–H groups in total. The fourth-order valence-electron chi connectivity index (χ4n) is 9.92. The number of unbranched alkanes of at least 4 members (excludes halogenated alkanes) is 39. The van der Waals surface area contributed by atoms with Crippen LogP contribution in [0.25, 0.3) is 0 Å². The average molecular weight is 1090 g/mol. The van der Waals surface area contributed by atoms with E-state index < -0.39 is 6.10 Å². The van der Waals surface area contributed by atoms with Crippen molar-refractivity contribution in [1.82, 2.24) is 0 Å². The number of carbonyl (C=O) groups excluding carboxylic acids is 3. The van der Waals surface area contributed by atoms with Gasteiger partial charge in [-0.1, -0.05) is 331 Å². The van der Waals surface area contributed by atoms with Crippen LogP contribution in [-0.2, 0) is 28.6 Å². The number of carbonyl (C=O) groups is 3. The third kappa shape index (κ3) is 63.7. The highest BCUT2D eigenvalue weighted by molar-refractivity contribution is 5.71. The summed E-state index contributed by atoms with van der Waals surface area (Å²) < 4.78 is 17.0. The van der Waals surface area contributed by atoms with E-state index in [-0.39, 0.29) is 31.1 Å². The summed E-state index contributed by atoms with van der Waals surface area (Å²) in [5, 5.41) is 0. The van der Waals surface area contributed by atoms with Gasteiger partial charge in [-0.3, -0.25) is 14.4 Å². The van der Waals surface area contributed by atoms with Gasteiger partial charge >= 0.3 is 17.9 Å². The van der Waals surface area contributed by atoms with Crippen LogP contribution in [0.3, 0.4) is 0 Å². The topological polar surface area (TPSA) is 78.9 Å². The second kappa shape index (κ2) is 66.4. The van der Waals surface area contributed by atoms with Crippen LogP contribution in [0.4, 0.5) is 0 Å². The molecule has 0 saturated carbocycles. The monoisotopic (exact) mass is 1090 g/mol. The lowest BCUT2D eigenvalue weighted by Gasteiger charge is -2.18. The van der Waals surface area contributed by atoms with Crippen molar-refractivity contribution in [2.45, 2.75) is 354 Å². The van der Waals surface area contributed by atoms with E-state index in [1.165, 1.54) is 212 Å². The molecule has 0 radical (unpaired) electrons. The van der Waals surface area contributed by atoms with Crippen LogP contribution >= 0.6 is 0 Å². The predicted octanol–water partition coefficient (Wildman–Crippen LogP) is 23.3. The maximum Gasteiger partial charge on any atom is 0.306 e. The average Bonchev–Trinajstić information content (AvgIpc) is 3.44. The van der Waals surface area contributed by atoms with E-state index in [2.05, 4.69) is 93.7 Å². The molecule has 452 valence electrons. The van der Waals surface area contributed by atoms with Gasteiger partial charge in [-0.05, 0) is 70.6 Å². The molecule has 0 heterocycles. The zero-order valence-electron chi connectivity index (χ0n) is 51.9. The second-order valence-electron chi connectivity index (χ2n) is 22.7. The summed E-state index contributed by atoms with van der Waals surface area (Å²) in [6, 6.07) is 0. The predicted molar refractivity (Wildman–Crippen MR) is 339 cm³/mol. The Labute approximate surface area is 484 Å². The summed E-state index contributed by atoms with van der Waals surface area (Å²) >= 11 is 0. The highest BCUT2D eigenvalue weighted by atomic mass is 16.6. The summed E-state index contributed by atoms with van der Waals surface area (Å²) in [6.07, 6.45) is 86.3. The maximum atomic E-state index is 12.9. The SMILES string of the molecule is CC/C=C\C/C=C\C/C=C\C/C=C\C/C=C\C/C=C\CCCCCCCCCCCCC(=O)OCC(COC(=O)CCCCCCCCCCCCCCCC)OC(=O)CCCCCCCCCCCCCCCCCCC. The third-order valence-corrected chi connectivity index (χ3v) is 15.0. The van der Waals surface area contributed by atoms with Crippen molar-refractivity contribution in [3.05, 3.63) is 72.9 Å². The second-order valence-corrected chi connectivity index (χ2v) is 22.7. The molecule has 0 aliphatic rings. The van der Waals surface area contributed by atoms with E-state index >= 15 is 0 Å². The number of esters is 3. The first-order valence-corrected chi connectivity index (χ1v) is 33.9. The quantitative estimate of drug-likeness (QED) is 0.0261. The molecule has 0 aliphatic carbocycles. The number of hydrogen-bond acceptors (Lipinski definition) is 6. The molecular weight excluding hydrogens is 961 g/mol. The van der Waals surface area contributed by atoms with Crippen molar-refractivity contribution in [2.75, 3.05) is 13.2 Å². The fourth-order valence-corrected chi connectivity index (χ4v) is 9.92. The summed E-state index contributed by atoms with van der Waals surface area (Å²) in [5.74, 6) is -0.853. The van der Waals surface area contributed by atoms with Gasteiger partial charge in [0, 0.05) is 19.3 Å². The first kappa shape index (κ1) is 74.8. The highest BCUT2D eigenvalue weighted by Gasteiger charge is 2.19. The van der Waals surface area contributed by atoms with Gasteiger partial charge in [-0.2, -0.15) is 0 Å². The molecule has 0 aromatic carbocycles. The van der Waals surface area contributed by atoms with Gasteiger partial charge in [0.25, 0.3) is 0 Å². The molecule has 0 bridgehead atoms. The number of ether oxygens (including phenoxy) is 3. The number of hydrogen-bond donors (Lipinski definition) is 0. The molecule has 0 aromatic heterocycles. The van der Waals surface area contributed by atoms with E-state index in [4.69, 9.17) is 14.2 Å². The summed E-state index contributed by atoms with van der Waals surface area (Å²) in [4.78, 5) is 38.4. The Hall–Kier alpha value is -3.15. The Morgan fingerprint density at radius 1 is 0.269 bits per heavy atom. The molecule has 0 aromatic rings. The van der Waals surface area contributed by atoms with Crippen LogP contribution in [0, 0.1) is 0 Å². The molecule has 78 heavy (non-hydrogen) atoms. The molecule has 0 fully saturated rings. The minimum Gasteiger partial charge on any atom is -0.462 e. The van der Waals surface area contributed by atoms with Gasteiger partial charge in [-0.25, -0.2) is 0 Å². The van der Waals surface area contributed by atoms with E-state index in [0.29, 0.717) is 19.3 Å². The minimum absolute atomic E-state index is 0.0705. The van der Waals surface area contributed by atoms with Crippen LogP contribution in [0.1, 0.15) is 348 Å². The Bertz CT molecular complexity index is 1440. The minimum atomic E-state index is -0.774. The molecule has 0 rings (SSSR count). The Morgan fingerprint density at radius 3 is 0.782 bits per heavy atom. The van der Waals surface area contributed by atoms with Gasteiger partial charge in [0.1, 0.15) is 13.2 Å². The van der Waals surface area contributed by atoms with Crippen LogP contribution in [0.15, 0.2) is 72.9 Å². The van der Waals surface area contributed by atoms with Crippen molar-refractivity contribution in [3.63, 3.8) is 0 Å². The molecule has 0 aliphatic heterocycles. The zero-order chi connectivity index (χ0) is 56.4. The van der Waals surface area contributed by atoms with Gasteiger partial charge < -0.3 is 14.2 Å². The first-order chi connectivity index (χ1) is 38.5. The zero-order valence-corrected chi connectivity index (χ0v) is 51.9. The molecular formula is C72H128O6. The molecule has 0 saturated heterocycles. The van der Waals surface area contributed by atoms with Crippen molar-refractivity contribution in [2.24, 2.45) is 0 Å². The maximum absolute atomic E-state index is 12.9. The van der Waals surface area contributed by atoms with Gasteiger partial charge in [0.05, 0.1) is 0 Å². The number of allylic oxidation sites excluding steroid dienone is 12. The van der Waals surface area contributed by atoms with Crippen LogP contribution < -0.4 is 0 Å². The molecule has 0 amide bonds. The normalized spacial score (nSPS) is 12.5. The smallest absolute Gasteiger partial charge is 0.306 e. The molecule has 0 spiro atoms. The molecule has 1 unspecified atom stereocenters. The molecule has 6 nitrogen and oxygen atoms in total. The lowest BCUT2D eigenvalue weighted by Crippen LogP contribution is -2.30. The standard InChI is InChI=1S/C72H128O6/c1-4-7-10-13-16-19-22-25-28-30-31-32-33-34-35-36-37-38-39-40-41-43-44-47-50-53-56-59-62-65-71(74)77-68-69(67-76-70(73)64-61-58-55-52-49-46-27-24-21-18-15-12-9-6-3)78-72(75)66-63-60-57-54-51-48-45-42-29-26-23-20-17-14-11-8-5-2/h7,10,16,19,25,28,31-32,34-35,37-38,69H,4-6,8-9,11-15,17-18,20-24,26-27,29-30,33,36,39-68H2,1-3H3/b10-7-,19-16-,28-25-,32-31-,35-34-,38-37-. The lowest BCUT2D eigenvalue weighted by atomic mass is 10.0. The van der Waals surface area contributed by atoms with Crippen molar-refractivity contribution in [1.29, 1.82) is 0 Å². The summed E-state index contributed by atoms with van der Waals surface area (Å²) in [5.41, 5.74) is 0. The number of rotatable bonds is 62. The van der Waals surface area contributed by atoms with Gasteiger partial charge in [-0.15, -0.1) is 0 Å². The summed E-state index contributed by atoms with van der Waals surface area (Å²) in [6.45, 7) is 6.58. The van der Waals surface area contributed by atoms with Crippen molar-refractivity contribution < 1.29 is 28.6 Å². The Balaban J connectivity index is 4.26. The lowest BCUT2D eigenvalue weighted by molar-refractivity contribution is -0.167. The largest absolute Gasteiger partial charge is 0.462 e. The highest BCUT2D eigenvalue weighted by Crippen LogP contribution is 2.18. The van der Waals surface area contributed by atoms with Crippen LogP contribution in [0.2, 0.25) is 0 Å². The third-order valence-electron chi connectivity index (χ3n) is 15.0. The van der Waals surface area contributed by atoms with Crippen molar-refractivity contribution in [3.8, 4) is 0 Å². The Kier molecular flexibility index (Phi) is 63.7. The first-order valence-electron chi connectivity index (χ1n) is 33.9. The van der Waals surface area contributed by atoms with Crippen LogP contribution in [0.5, 0.6) is 0 Å². The van der Waals surface area contributed by atoms with Crippen molar-refractivity contribution >= 4 is 17.9 Å². The Morgan fingerprint density at radius 2 is 0.500 bits per heavy atom. The van der Waals surface area contributed by atoms with Gasteiger partial charge in [0.15, 0.2) is 6.10 Å². The van der Waals surface area contributed by atoms with Gasteiger partial charge in [0.2, 0.25) is 0 Å².